The van der Waals surface area contributed by atoms with Crippen LogP contribution in [0, 0.1) is 0 Å². The molecule has 0 bridgehead atoms. The maximum absolute atomic E-state index is 9.24. The van der Waals surface area contributed by atoms with E-state index in [0.29, 0.717) is 0 Å². The van der Waals surface area contributed by atoms with Gasteiger partial charge in [0.05, 0.1) is 7.11 Å². The third kappa shape index (κ3) is 3.04. The van der Waals surface area contributed by atoms with Crippen molar-refractivity contribution in [2.45, 2.75) is 25.2 Å². The van der Waals surface area contributed by atoms with Crippen LogP contribution in [0.2, 0.25) is 0 Å². The zero-order valence-electron chi connectivity index (χ0n) is 12.8. The van der Waals surface area contributed by atoms with Crippen LogP contribution in [0.15, 0.2) is 53.5 Å². The molecule has 1 unspecified atom stereocenters. The van der Waals surface area contributed by atoms with E-state index in [1.54, 1.807) is 7.11 Å². The van der Waals surface area contributed by atoms with E-state index in [1.807, 2.05) is 12.1 Å². The summed E-state index contributed by atoms with van der Waals surface area (Å²) in [6.45, 7) is -0.139. The van der Waals surface area contributed by atoms with Crippen LogP contribution in [0.25, 0.3) is 0 Å². The van der Waals surface area contributed by atoms with E-state index < -0.39 is 0 Å². The summed E-state index contributed by atoms with van der Waals surface area (Å²) < 4.78 is 5.38. The Morgan fingerprint density at radius 1 is 1.14 bits per heavy atom. The lowest BCUT2D eigenvalue weighted by Crippen LogP contribution is -2.23. The van der Waals surface area contributed by atoms with Crippen LogP contribution >= 0.6 is 0 Å². The first-order valence-corrected chi connectivity index (χ1v) is 7.66. The molecule has 3 heteroatoms. The normalized spacial score (nSPS) is 19.0. The van der Waals surface area contributed by atoms with Crippen LogP contribution in [0.1, 0.15) is 29.0 Å². The minimum atomic E-state index is -0.139. The number of aliphatic hydroxyl groups is 1. The summed E-state index contributed by atoms with van der Waals surface area (Å²) in [7, 11) is 1.69. The third-order valence-corrected chi connectivity index (χ3v) is 4.34. The molecule has 2 aromatic carbocycles. The van der Waals surface area contributed by atoms with E-state index >= 15 is 0 Å². The number of ether oxygens (including phenoxy) is 1. The molecule has 22 heavy (non-hydrogen) atoms. The van der Waals surface area contributed by atoms with E-state index in [-0.39, 0.29) is 12.6 Å². The molecule has 0 aliphatic heterocycles. The molecule has 1 N–H and O–H groups in total. The van der Waals surface area contributed by atoms with Crippen molar-refractivity contribution in [2.75, 3.05) is 13.8 Å². The number of aliphatic hydroxyl groups excluding tert-OH is 1. The molecule has 1 aliphatic carbocycles. The lowest BCUT2D eigenvalue weighted by atomic mass is 9.78. The van der Waals surface area contributed by atoms with Gasteiger partial charge < -0.3 is 9.84 Å². The molecular formula is C19H21NO2. The number of rotatable bonds is 4. The van der Waals surface area contributed by atoms with Gasteiger partial charge in [0.1, 0.15) is 12.5 Å². The fourth-order valence-electron chi connectivity index (χ4n) is 3.23. The highest BCUT2D eigenvalue weighted by atomic mass is 16.5. The SMILES string of the molecule is COc1ccc2c(c1)C(Cc1ccccc1)C(=NCO)CC2. The lowest BCUT2D eigenvalue weighted by molar-refractivity contribution is 0.308. The molecule has 0 saturated carbocycles. The summed E-state index contributed by atoms with van der Waals surface area (Å²) in [5.74, 6) is 1.09. The molecule has 0 aromatic heterocycles. The number of aryl methyl sites for hydroxylation is 1. The van der Waals surface area contributed by atoms with Crippen molar-refractivity contribution in [3.05, 3.63) is 65.2 Å². The smallest absolute Gasteiger partial charge is 0.134 e. The topological polar surface area (TPSA) is 41.8 Å². The quantitative estimate of drug-likeness (QED) is 0.939. The van der Waals surface area contributed by atoms with Crippen molar-refractivity contribution in [2.24, 2.45) is 4.99 Å². The van der Waals surface area contributed by atoms with Gasteiger partial charge in [-0.25, -0.2) is 0 Å². The first-order chi connectivity index (χ1) is 10.8. The Morgan fingerprint density at radius 3 is 2.68 bits per heavy atom. The summed E-state index contributed by atoms with van der Waals surface area (Å²) in [6, 6.07) is 16.7. The van der Waals surface area contributed by atoms with Crippen molar-refractivity contribution < 1.29 is 9.84 Å². The number of benzene rings is 2. The molecular weight excluding hydrogens is 274 g/mol. The van der Waals surface area contributed by atoms with Gasteiger partial charge in [-0.1, -0.05) is 36.4 Å². The van der Waals surface area contributed by atoms with Crippen molar-refractivity contribution in [1.29, 1.82) is 0 Å². The molecule has 0 fully saturated rings. The van der Waals surface area contributed by atoms with Crippen molar-refractivity contribution in [1.82, 2.24) is 0 Å². The Bertz CT molecular complexity index is 664. The van der Waals surface area contributed by atoms with Crippen LogP contribution in [0.5, 0.6) is 5.75 Å². The highest BCUT2D eigenvalue weighted by Gasteiger charge is 2.26. The maximum atomic E-state index is 9.24. The van der Waals surface area contributed by atoms with Gasteiger partial charge in [0.25, 0.3) is 0 Å². The van der Waals surface area contributed by atoms with E-state index in [0.717, 1.165) is 30.7 Å². The Balaban J connectivity index is 2.00. The highest BCUT2D eigenvalue weighted by Crippen LogP contribution is 2.35. The van der Waals surface area contributed by atoms with Gasteiger partial charge in [0, 0.05) is 11.6 Å². The fourth-order valence-corrected chi connectivity index (χ4v) is 3.23. The Kier molecular flexibility index (Phi) is 4.54. The second kappa shape index (κ2) is 6.75. The van der Waals surface area contributed by atoms with Crippen LogP contribution in [0.4, 0.5) is 0 Å². The zero-order chi connectivity index (χ0) is 15.4. The average Bonchev–Trinajstić information content (AvgIpc) is 2.57. The average molecular weight is 295 g/mol. The number of fused-ring (bicyclic) bond motifs is 1. The molecule has 3 nitrogen and oxygen atoms in total. The van der Waals surface area contributed by atoms with Crippen LogP contribution in [-0.2, 0) is 12.8 Å². The van der Waals surface area contributed by atoms with Gasteiger partial charge >= 0.3 is 0 Å². The number of hydrogen-bond acceptors (Lipinski definition) is 3. The predicted molar refractivity (Wildman–Crippen MR) is 88.7 cm³/mol. The van der Waals surface area contributed by atoms with Crippen molar-refractivity contribution in [3.63, 3.8) is 0 Å². The Hall–Kier alpha value is -2.13. The molecule has 2 aromatic rings. The minimum Gasteiger partial charge on any atom is -0.497 e. The summed E-state index contributed by atoms with van der Waals surface area (Å²) in [4.78, 5) is 4.35. The van der Waals surface area contributed by atoms with Gasteiger partial charge in [-0.2, -0.15) is 0 Å². The van der Waals surface area contributed by atoms with Gasteiger partial charge in [0.2, 0.25) is 0 Å². The monoisotopic (exact) mass is 295 g/mol. The number of hydrogen-bond donors (Lipinski definition) is 1. The molecule has 0 heterocycles. The molecule has 0 saturated heterocycles. The van der Waals surface area contributed by atoms with E-state index in [2.05, 4.69) is 41.4 Å². The van der Waals surface area contributed by atoms with Crippen molar-refractivity contribution in [3.8, 4) is 5.75 Å². The Labute approximate surface area is 131 Å². The van der Waals surface area contributed by atoms with Crippen molar-refractivity contribution >= 4 is 5.71 Å². The van der Waals surface area contributed by atoms with Crippen LogP contribution in [-0.4, -0.2) is 24.7 Å². The Morgan fingerprint density at radius 2 is 1.95 bits per heavy atom. The number of aliphatic imine (C=N–C) groups is 1. The molecule has 0 amide bonds. The second-order valence-electron chi connectivity index (χ2n) is 5.60. The minimum absolute atomic E-state index is 0.139. The third-order valence-electron chi connectivity index (χ3n) is 4.34. The summed E-state index contributed by atoms with van der Waals surface area (Å²) in [5, 5.41) is 9.24. The van der Waals surface area contributed by atoms with Gasteiger partial charge in [-0.3, -0.25) is 4.99 Å². The largest absolute Gasteiger partial charge is 0.497 e. The fraction of sp³-hybridized carbons (Fsp3) is 0.316. The summed E-state index contributed by atoms with van der Waals surface area (Å²) in [5.41, 5.74) is 5.01. The van der Waals surface area contributed by atoms with E-state index in [9.17, 15) is 5.11 Å². The first kappa shape index (κ1) is 14.8. The lowest BCUT2D eigenvalue weighted by Gasteiger charge is -2.28. The predicted octanol–water partition coefficient (Wildman–Crippen LogP) is 3.36. The standard InChI is InChI=1S/C19H21NO2/c1-22-16-9-7-15-8-10-19(20-13-21)18(17(15)12-16)11-14-5-3-2-4-6-14/h2-7,9,12,18,21H,8,10-11,13H2,1H3. The molecule has 1 atom stereocenters. The molecule has 0 radical (unpaired) electrons. The molecule has 0 spiro atoms. The van der Waals surface area contributed by atoms with Gasteiger partial charge in [-0.05, 0) is 48.1 Å². The van der Waals surface area contributed by atoms with Gasteiger partial charge in [-0.15, -0.1) is 0 Å². The molecule has 1 aliphatic rings. The first-order valence-electron chi connectivity index (χ1n) is 7.66. The molecule has 114 valence electrons. The van der Waals surface area contributed by atoms with Crippen LogP contribution < -0.4 is 4.74 Å². The summed E-state index contributed by atoms with van der Waals surface area (Å²) >= 11 is 0. The zero-order valence-corrected chi connectivity index (χ0v) is 12.8. The van der Waals surface area contributed by atoms with E-state index in [1.165, 1.54) is 16.7 Å². The van der Waals surface area contributed by atoms with E-state index in [4.69, 9.17) is 4.74 Å². The van der Waals surface area contributed by atoms with Gasteiger partial charge in [0.15, 0.2) is 0 Å². The highest BCUT2D eigenvalue weighted by molar-refractivity contribution is 5.93. The maximum Gasteiger partial charge on any atom is 0.134 e. The summed E-state index contributed by atoms with van der Waals surface area (Å²) in [6.07, 6.45) is 2.79. The number of methoxy groups -OCH3 is 1. The second-order valence-corrected chi connectivity index (χ2v) is 5.60. The molecule has 3 rings (SSSR count). The number of nitrogens with zero attached hydrogens (tertiary/aromatic N) is 1. The van der Waals surface area contributed by atoms with Crippen LogP contribution in [0.3, 0.4) is 0 Å².